The number of rotatable bonds is 7. The molecular weight excluding hydrogens is 406 g/mol. The van der Waals surface area contributed by atoms with Crippen LogP contribution in [0.2, 0.25) is 5.02 Å². The summed E-state index contributed by atoms with van der Waals surface area (Å²) in [7, 11) is 0. The molecule has 3 N–H and O–H groups in total. The van der Waals surface area contributed by atoms with E-state index in [-0.39, 0.29) is 18.9 Å². The zero-order chi connectivity index (χ0) is 22.1. The van der Waals surface area contributed by atoms with E-state index < -0.39 is 17.6 Å². The number of amides is 3. The number of anilines is 2. The fourth-order valence-corrected chi connectivity index (χ4v) is 2.75. The minimum Gasteiger partial charge on any atom is -0.444 e. The molecule has 0 atom stereocenters. The average molecular weight is 432 g/mol. The van der Waals surface area contributed by atoms with Crippen molar-refractivity contribution in [3.63, 3.8) is 0 Å². The van der Waals surface area contributed by atoms with Crippen LogP contribution in [0.4, 0.5) is 16.2 Å². The number of hydrogen-bond acceptors (Lipinski definition) is 4. The van der Waals surface area contributed by atoms with E-state index in [0.717, 1.165) is 5.56 Å². The second-order valence-electron chi connectivity index (χ2n) is 7.59. The molecule has 0 aromatic heterocycles. The van der Waals surface area contributed by atoms with Crippen molar-refractivity contribution in [3.05, 3.63) is 59.1 Å². The standard InChI is InChI=1S/C22H26ClN3O4/c1-22(2,3)30-21(29)24-14-20(28)26-18-11-7-6-10-17(18)25-19(27)13-12-15-8-4-5-9-16(15)23/h4-11H,12-14H2,1-3H3,(H,24,29)(H,25,27)(H,26,28). The van der Waals surface area contributed by atoms with E-state index in [0.29, 0.717) is 22.8 Å². The molecule has 7 nitrogen and oxygen atoms in total. The van der Waals surface area contributed by atoms with Crippen molar-refractivity contribution in [2.24, 2.45) is 0 Å². The lowest BCUT2D eigenvalue weighted by Gasteiger charge is -2.19. The van der Waals surface area contributed by atoms with Gasteiger partial charge in [-0.15, -0.1) is 0 Å². The van der Waals surface area contributed by atoms with Gasteiger partial charge in [-0.3, -0.25) is 9.59 Å². The zero-order valence-electron chi connectivity index (χ0n) is 17.3. The zero-order valence-corrected chi connectivity index (χ0v) is 18.0. The quantitative estimate of drug-likeness (QED) is 0.606. The summed E-state index contributed by atoms with van der Waals surface area (Å²) in [5, 5.41) is 8.48. The van der Waals surface area contributed by atoms with Gasteiger partial charge in [0.2, 0.25) is 11.8 Å². The highest BCUT2D eigenvalue weighted by molar-refractivity contribution is 6.31. The Bertz CT molecular complexity index is 909. The van der Waals surface area contributed by atoms with Crippen molar-refractivity contribution in [1.82, 2.24) is 5.32 Å². The van der Waals surface area contributed by atoms with Crippen molar-refractivity contribution >= 4 is 40.9 Å². The van der Waals surface area contributed by atoms with Crippen LogP contribution in [0.15, 0.2) is 48.5 Å². The van der Waals surface area contributed by atoms with E-state index in [2.05, 4.69) is 16.0 Å². The second-order valence-corrected chi connectivity index (χ2v) is 8.00. The van der Waals surface area contributed by atoms with E-state index in [1.54, 1.807) is 51.1 Å². The molecule has 3 amide bonds. The lowest BCUT2D eigenvalue weighted by Crippen LogP contribution is -2.37. The molecule has 0 radical (unpaired) electrons. The molecule has 2 aromatic rings. The van der Waals surface area contributed by atoms with Gasteiger partial charge in [0.25, 0.3) is 0 Å². The summed E-state index contributed by atoms with van der Waals surface area (Å²) in [6, 6.07) is 14.2. The van der Waals surface area contributed by atoms with Crippen LogP contribution in [0, 0.1) is 0 Å². The molecule has 0 heterocycles. The molecule has 0 aliphatic heterocycles. The first-order valence-electron chi connectivity index (χ1n) is 9.53. The van der Waals surface area contributed by atoms with Crippen molar-refractivity contribution in [2.75, 3.05) is 17.2 Å². The van der Waals surface area contributed by atoms with Gasteiger partial charge in [-0.05, 0) is 51.0 Å². The van der Waals surface area contributed by atoms with Gasteiger partial charge in [-0.25, -0.2) is 4.79 Å². The second kappa shape index (κ2) is 10.6. The topological polar surface area (TPSA) is 96.5 Å². The normalized spacial score (nSPS) is 10.8. The lowest BCUT2D eigenvalue weighted by molar-refractivity contribution is -0.116. The molecule has 0 unspecified atom stereocenters. The molecule has 160 valence electrons. The Balaban J connectivity index is 1.89. The van der Waals surface area contributed by atoms with Crippen molar-refractivity contribution in [1.29, 1.82) is 0 Å². The maximum atomic E-state index is 12.3. The van der Waals surface area contributed by atoms with Gasteiger partial charge in [0.1, 0.15) is 12.1 Å². The van der Waals surface area contributed by atoms with Gasteiger partial charge in [-0.1, -0.05) is 41.9 Å². The van der Waals surface area contributed by atoms with Crippen LogP contribution in [0.5, 0.6) is 0 Å². The maximum absolute atomic E-state index is 12.3. The van der Waals surface area contributed by atoms with Crippen molar-refractivity contribution < 1.29 is 19.1 Å². The van der Waals surface area contributed by atoms with Crippen LogP contribution in [0.3, 0.4) is 0 Å². The highest BCUT2D eigenvalue weighted by Crippen LogP contribution is 2.22. The maximum Gasteiger partial charge on any atom is 0.408 e. The molecule has 0 saturated heterocycles. The first kappa shape index (κ1) is 23.2. The Kier molecular flexibility index (Phi) is 8.24. The summed E-state index contributed by atoms with van der Waals surface area (Å²) < 4.78 is 5.09. The Labute approximate surface area is 181 Å². The summed E-state index contributed by atoms with van der Waals surface area (Å²) >= 11 is 6.12. The molecule has 8 heteroatoms. The Hall–Kier alpha value is -3.06. The van der Waals surface area contributed by atoms with E-state index in [1.165, 1.54) is 0 Å². The number of nitrogens with one attached hydrogen (secondary N) is 3. The van der Waals surface area contributed by atoms with E-state index in [4.69, 9.17) is 16.3 Å². The molecule has 0 spiro atoms. The van der Waals surface area contributed by atoms with Crippen molar-refractivity contribution in [2.45, 2.75) is 39.2 Å². The molecule has 2 rings (SSSR count). The molecule has 0 aliphatic carbocycles. The smallest absolute Gasteiger partial charge is 0.408 e. The first-order valence-corrected chi connectivity index (χ1v) is 9.91. The summed E-state index contributed by atoms with van der Waals surface area (Å²) in [6.45, 7) is 4.94. The number of para-hydroxylation sites is 2. The van der Waals surface area contributed by atoms with Crippen LogP contribution in [-0.2, 0) is 20.7 Å². The molecular formula is C22H26ClN3O4. The fourth-order valence-electron chi connectivity index (χ4n) is 2.52. The molecule has 0 aliphatic rings. The molecule has 0 bridgehead atoms. The number of hydrogen-bond donors (Lipinski definition) is 3. The predicted molar refractivity (Wildman–Crippen MR) is 118 cm³/mol. The van der Waals surface area contributed by atoms with Gasteiger partial charge < -0.3 is 20.7 Å². The third kappa shape index (κ3) is 8.13. The minimum atomic E-state index is -0.682. The number of halogens is 1. The monoisotopic (exact) mass is 431 g/mol. The lowest BCUT2D eigenvalue weighted by atomic mass is 10.1. The predicted octanol–water partition coefficient (Wildman–Crippen LogP) is 4.37. The number of alkyl carbamates (subject to hydrolysis) is 1. The fraction of sp³-hybridized carbons (Fsp3) is 0.318. The van der Waals surface area contributed by atoms with Gasteiger partial charge in [0, 0.05) is 11.4 Å². The molecule has 0 fully saturated rings. The van der Waals surface area contributed by atoms with E-state index in [1.807, 2.05) is 18.2 Å². The van der Waals surface area contributed by atoms with Gasteiger partial charge in [-0.2, -0.15) is 0 Å². The van der Waals surface area contributed by atoms with E-state index in [9.17, 15) is 14.4 Å². The number of carbonyl (C=O) groups is 3. The van der Waals surface area contributed by atoms with Crippen LogP contribution in [0.1, 0.15) is 32.8 Å². The highest BCUT2D eigenvalue weighted by atomic mass is 35.5. The molecule has 30 heavy (non-hydrogen) atoms. The number of carbonyl (C=O) groups excluding carboxylic acids is 3. The average Bonchev–Trinajstić information content (AvgIpc) is 2.66. The highest BCUT2D eigenvalue weighted by Gasteiger charge is 2.17. The Morgan fingerprint density at radius 3 is 2.07 bits per heavy atom. The third-order valence-electron chi connectivity index (χ3n) is 3.85. The Morgan fingerprint density at radius 2 is 1.47 bits per heavy atom. The van der Waals surface area contributed by atoms with Crippen LogP contribution >= 0.6 is 11.6 Å². The first-order chi connectivity index (χ1) is 14.1. The van der Waals surface area contributed by atoms with Crippen LogP contribution in [-0.4, -0.2) is 30.1 Å². The minimum absolute atomic E-state index is 0.205. The van der Waals surface area contributed by atoms with Gasteiger partial charge in [0.05, 0.1) is 11.4 Å². The largest absolute Gasteiger partial charge is 0.444 e. The van der Waals surface area contributed by atoms with E-state index >= 15 is 0 Å². The summed E-state index contributed by atoms with van der Waals surface area (Å²) in [5.41, 5.74) is 1.14. The van der Waals surface area contributed by atoms with Crippen LogP contribution in [0.25, 0.3) is 0 Å². The molecule has 2 aromatic carbocycles. The third-order valence-corrected chi connectivity index (χ3v) is 4.22. The number of aryl methyl sites for hydroxylation is 1. The van der Waals surface area contributed by atoms with Crippen molar-refractivity contribution in [3.8, 4) is 0 Å². The van der Waals surface area contributed by atoms with Gasteiger partial charge >= 0.3 is 6.09 Å². The number of benzene rings is 2. The summed E-state index contributed by atoms with van der Waals surface area (Å²) in [6.07, 6.45) is 0.0605. The van der Waals surface area contributed by atoms with Gasteiger partial charge in [0.15, 0.2) is 0 Å². The SMILES string of the molecule is CC(C)(C)OC(=O)NCC(=O)Nc1ccccc1NC(=O)CCc1ccccc1Cl. The summed E-state index contributed by atoms with van der Waals surface area (Å²) in [5.74, 6) is -0.651. The summed E-state index contributed by atoms with van der Waals surface area (Å²) in [4.78, 5) is 36.2. The Morgan fingerprint density at radius 1 is 0.900 bits per heavy atom. The number of ether oxygens (including phenoxy) is 1. The van der Waals surface area contributed by atoms with Crippen LogP contribution < -0.4 is 16.0 Å². The molecule has 0 saturated carbocycles.